The Morgan fingerprint density at radius 2 is 2.04 bits per heavy atom. The first-order valence-electron chi connectivity index (χ1n) is 8.70. The number of ether oxygens (including phenoxy) is 1. The number of cyclic esters (lactones) is 1. The molecular formula is C19H27O8P. The Morgan fingerprint density at radius 1 is 1.36 bits per heavy atom. The van der Waals surface area contributed by atoms with E-state index >= 15 is 0 Å². The van der Waals surface area contributed by atoms with Crippen LogP contribution in [0.3, 0.4) is 0 Å². The number of rotatable bonds is 10. The minimum absolute atomic E-state index is 0.277. The molecule has 0 spiro atoms. The minimum atomic E-state index is -4.93. The molecule has 4 N–H and O–H groups in total. The van der Waals surface area contributed by atoms with Gasteiger partial charge in [0.15, 0.2) is 0 Å². The van der Waals surface area contributed by atoms with Crippen LogP contribution in [0.15, 0.2) is 60.8 Å². The lowest BCUT2D eigenvalue weighted by Gasteiger charge is -2.31. The van der Waals surface area contributed by atoms with Crippen molar-refractivity contribution < 1.29 is 38.6 Å². The summed E-state index contributed by atoms with van der Waals surface area (Å²) in [5.41, 5.74) is -1.84. The Hall–Kier alpha value is -1.80. The largest absolute Gasteiger partial charge is 0.469 e. The Balaban J connectivity index is 2.87. The molecule has 4 unspecified atom stereocenters. The molecule has 4 atom stereocenters. The summed E-state index contributed by atoms with van der Waals surface area (Å²) < 4.78 is 21.0. The first-order chi connectivity index (χ1) is 13.0. The number of allylic oxidation sites excluding steroid dienone is 5. The summed E-state index contributed by atoms with van der Waals surface area (Å²) in [4.78, 5) is 29.5. The molecule has 0 fully saturated rings. The third-order valence-corrected chi connectivity index (χ3v) is 4.30. The van der Waals surface area contributed by atoms with Gasteiger partial charge in [0.25, 0.3) is 0 Å². The lowest BCUT2D eigenvalue weighted by molar-refractivity contribution is -0.141. The molecule has 9 heteroatoms. The molecule has 0 amide bonds. The van der Waals surface area contributed by atoms with Gasteiger partial charge < -0.3 is 24.7 Å². The number of carbonyl (C=O) groups excluding carboxylic acids is 1. The summed E-state index contributed by atoms with van der Waals surface area (Å²) >= 11 is 0. The second-order valence-corrected chi connectivity index (χ2v) is 7.57. The maximum Gasteiger partial charge on any atom is 0.469 e. The van der Waals surface area contributed by atoms with Crippen molar-refractivity contribution in [2.45, 2.75) is 50.6 Å². The number of aliphatic hydroxyl groups is 2. The lowest BCUT2D eigenvalue weighted by Crippen LogP contribution is -2.41. The number of carbonyl (C=O) groups is 1. The van der Waals surface area contributed by atoms with E-state index in [1.165, 1.54) is 31.2 Å². The predicted octanol–water partition coefficient (Wildman–Crippen LogP) is 2.08. The van der Waals surface area contributed by atoms with Crippen molar-refractivity contribution in [3.63, 3.8) is 0 Å². The molecule has 1 rings (SSSR count). The molecule has 0 aliphatic carbocycles. The van der Waals surface area contributed by atoms with Gasteiger partial charge in [-0.15, -0.1) is 0 Å². The van der Waals surface area contributed by atoms with E-state index in [0.717, 1.165) is 0 Å². The van der Waals surface area contributed by atoms with Crippen molar-refractivity contribution >= 4 is 13.8 Å². The highest BCUT2D eigenvalue weighted by atomic mass is 31.2. The number of hydrogen-bond donors (Lipinski definition) is 4. The first-order valence-corrected chi connectivity index (χ1v) is 10.2. The summed E-state index contributed by atoms with van der Waals surface area (Å²) in [7, 11) is -4.93. The summed E-state index contributed by atoms with van der Waals surface area (Å²) in [6.45, 7) is 3.14. The molecule has 0 saturated carbocycles. The van der Waals surface area contributed by atoms with E-state index in [0.29, 0.717) is 6.42 Å². The normalized spacial score (nSPS) is 22.9. The van der Waals surface area contributed by atoms with Gasteiger partial charge >= 0.3 is 13.8 Å². The average Bonchev–Trinajstić information content (AvgIpc) is 2.58. The second-order valence-electron chi connectivity index (χ2n) is 6.38. The van der Waals surface area contributed by atoms with Gasteiger partial charge in [0.1, 0.15) is 17.8 Å². The van der Waals surface area contributed by atoms with Gasteiger partial charge in [-0.05, 0) is 19.9 Å². The number of hydrogen-bond acceptors (Lipinski definition) is 6. The minimum Gasteiger partial charge on any atom is -0.455 e. The maximum absolute atomic E-state index is 11.3. The van der Waals surface area contributed by atoms with E-state index in [4.69, 9.17) is 19.0 Å². The third-order valence-electron chi connectivity index (χ3n) is 3.77. The molecule has 0 saturated heterocycles. The van der Waals surface area contributed by atoms with Crippen LogP contribution in [0.4, 0.5) is 0 Å². The smallest absolute Gasteiger partial charge is 0.455 e. The van der Waals surface area contributed by atoms with E-state index in [2.05, 4.69) is 0 Å². The van der Waals surface area contributed by atoms with Gasteiger partial charge in [-0.3, -0.25) is 4.52 Å². The molecule has 1 aliphatic heterocycles. The Kier molecular flexibility index (Phi) is 9.75. The van der Waals surface area contributed by atoms with Gasteiger partial charge in [0, 0.05) is 18.9 Å². The summed E-state index contributed by atoms with van der Waals surface area (Å²) in [6, 6.07) is 0. The lowest BCUT2D eigenvalue weighted by atomic mass is 9.93. The Labute approximate surface area is 164 Å². The molecule has 1 heterocycles. The Bertz CT molecular complexity index is 699. The van der Waals surface area contributed by atoms with Crippen molar-refractivity contribution in [3.05, 3.63) is 60.8 Å². The predicted molar refractivity (Wildman–Crippen MR) is 104 cm³/mol. The van der Waals surface area contributed by atoms with Crippen LogP contribution in [0, 0.1) is 0 Å². The highest BCUT2D eigenvalue weighted by molar-refractivity contribution is 7.46. The SMILES string of the molecule is C/C=C/C=C/C=C\C(O)CC(OP(=O)(O)O)C(C)(O)/C=C/C1CC=CC(=O)O1. The molecule has 0 radical (unpaired) electrons. The van der Waals surface area contributed by atoms with E-state index < -0.39 is 37.7 Å². The topological polar surface area (TPSA) is 134 Å². The van der Waals surface area contributed by atoms with Crippen LogP contribution in [0.1, 0.15) is 26.7 Å². The van der Waals surface area contributed by atoms with Crippen molar-refractivity contribution in [1.29, 1.82) is 0 Å². The van der Waals surface area contributed by atoms with Crippen molar-refractivity contribution in [1.82, 2.24) is 0 Å². The zero-order valence-electron chi connectivity index (χ0n) is 15.8. The zero-order valence-corrected chi connectivity index (χ0v) is 16.7. The molecule has 1 aliphatic rings. The number of phosphoric ester groups is 1. The summed E-state index contributed by atoms with van der Waals surface area (Å²) in [5.74, 6) is -0.518. The number of esters is 1. The third kappa shape index (κ3) is 9.94. The average molecular weight is 414 g/mol. The molecule has 0 bridgehead atoms. The van der Waals surface area contributed by atoms with Crippen molar-refractivity contribution in [2.24, 2.45) is 0 Å². The fraction of sp³-hybridized carbons (Fsp3) is 0.421. The molecule has 156 valence electrons. The van der Waals surface area contributed by atoms with Gasteiger partial charge in [0.2, 0.25) is 0 Å². The fourth-order valence-electron chi connectivity index (χ4n) is 2.35. The number of aliphatic hydroxyl groups excluding tert-OH is 1. The summed E-state index contributed by atoms with van der Waals surface area (Å²) in [5, 5.41) is 20.8. The molecular weight excluding hydrogens is 387 g/mol. The second kappa shape index (κ2) is 11.3. The van der Waals surface area contributed by atoms with E-state index in [-0.39, 0.29) is 6.42 Å². The van der Waals surface area contributed by atoms with Gasteiger partial charge in [-0.1, -0.05) is 48.6 Å². The highest BCUT2D eigenvalue weighted by Gasteiger charge is 2.37. The van der Waals surface area contributed by atoms with Crippen molar-refractivity contribution in [2.75, 3.05) is 0 Å². The van der Waals surface area contributed by atoms with Crippen LogP contribution in [0.5, 0.6) is 0 Å². The molecule has 8 nitrogen and oxygen atoms in total. The molecule has 0 aromatic heterocycles. The van der Waals surface area contributed by atoms with Crippen LogP contribution >= 0.6 is 7.82 Å². The van der Waals surface area contributed by atoms with Crippen LogP contribution in [-0.4, -0.2) is 49.9 Å². The summed E-state index contributed by atoms with van der Waals surface area (Å²) in [6.07, 6.45) is 12.6. The van der Waals surface area contributed by atoms with Gasteiger partial charge in [-0.25, -0.2) is 9.36 Å². The zero-order chi connectivity index (χ0) is 21.2. The van der Waals surface area contributed by atoms with Gasteiger partial charge in [-0.2, -0.15) is 0 Å². The highest BCUT2D eigenvalue weighted by Crippen LogP contribution is 2.41. The van der Waals surface area contributed by atoms with E-state index in [1.54, 1.807) is 30.4 Å². The van der Waals surface area contributed by atoms with Gasteiger partial charge in [0.05, 0.1) is 6.10 Å². The maximum atomic E-state index is 11.3. The standard InChI is InChI=1S/C19H27O8P/c1-3-4-5-6-7-9-15(20)14-17(27-28(23,24)25)19(2,22)13-12-16-10-8-11-18(21)26-16/h3-9,11-13,15-17,20,22H,10,14H2,1-2H3,(H2,23,24,25)/b4-3+,6-5+,9-7-,13-12+. The molecule has 0 aromatic carbocycles. The van der Waals surface area contributed by atoms with E-state index in [9.17, 15) is 19.6 Å². The van der Waals surface area contributed by atoms with Crippen LogP contribution in [0.25, 0.3) is 0 Å². The quantitative estimate of drug-likeness (QED) is 0.185. The fourth-order valence-corrected chi connectivity index (χ4v) is 2.98. The molecule has 0 aromatic rings. The van der Waals surface area contributed by atoms with Crippen LogP contribution < -0.4 is 0 Å². The van der Waals surface area contributed by atoms with Crippen molar-refractivity contribution in [3.8, 4) is 0 Å². The van der Waals surface area contributed by atoms with E-state index in [1.807, 2.05) is 13.0 Å². The Morgan fingerprint density at radius 3 is 2.64 bits per heavy atom. The monoisotopic (exact) mass is 414 g/mol. The number of phosphoric acid groups is 1. The van der Waals surface area contributed by atoms with Crippen LogP contribution in [0.2, 0.25) is 0 Å². The first kappa shape index (κ1) is 24.2. The molecule has 28 heavy (non-hydrogen) atoms. The van der Waals surface area contributed by atoms with Crippen LogP contribution in [-0.2, 0) is 18.6 Å².